The molecule has 0 atom stereocenters. The van der Waals surface area contributed by atoms with E-state index in [0.717, 1.165) is 5.56 Å². The van der Waals surface area contributed by atoms with E-state index in [-0.39, 0.29) is 5.56 Å². The summed E-state index contributed by atoms with van der Waals surface area (Å²) in [7, 11) is 4.39. The van der Waals surface area contributed by atoms with Crippen LogP contribution in [0, 0.1) is 6.92 Å². The first-order chi connectivity index (χ1) is 12.0. The number of benzene rings is 2. The first-order valence-corrected chi connectivity index (χ1v) is 7.48. The second-order valence-electron chi connectivity index (χ2n) is 5.14. The van der Waals surface area contributed by atoms with Crippen molar-refractivity contribution in [1.29, 1.82) is 0 Å². The van der Waals surface area contributed by atoms with Gasteiger partial charge in [-0.3, -0.25) is 20.4 Å². The smallest absolute Gasteiger partial charge is 0.269 e. The summed E-state index contributed by atoms with van der Waals surface area (Å²) in [6, 6.07) is 10.1. The first-order valence-electron chi connectivity index (χ1n) is 7.48. The lowest BCUT2D eigenvalue weighted by Gasteiger charge is -2.14. The van der Waals surface area contributed by atoms with Crippen LogP contribution in [0.1, 0.15) is 26.3 Å². The Bertz CT molecular complexity index is 764. The molecule has 0 aliphatic rings. The number of ether oxygens (including phenoxy) is 3. The molecule has 2 N–H and O–H groups in total. The predicted molar refractivity (Wildman–Crippen MR) is 92.2 cm³/mol. The van der Waals surface area contributed by atoms with Crippen LogP contribution in [0.25, 0.3) is 0 Å². The minimum atomic E-state index is -0.513. The van der Waals surface area contributed by atoms with E-state index >= 15 is 0 Å². The van der Waals surface area contributed by atoms with E-state index in [2.05, 4.69) is 10.9 Å². The molecule has 0 radical (unpaired) electrons. The molecule has 2 aromatic rings. The Kier molecular flexibility index (Phi) is 5.84. The van der Waals surface area contributed by atoms with E-state index in [9.17, 15) is 9.59 Å². The molecule has 0 saturated heterocycles. The summed E-state index contributed by atoms with van der Waals surface area (Å²) in [5.74, 6) is 0.153. The highest BCUT2D eigenvalue weighted by Crippen LogP contribution is 2.38. The summed E-state index contributed by atoms with van der Waals surface area (Å²) in [5.41, 5.74) is 6.30. The van der Waals surface area contributed by atoms with Crippen LogP contribution in [0.3, 0.4) is 0 Å². The minimum absolute atomic E-state index is 0.250. The van der Waals surface area contributed by atoms with Crippen molar-refractivity contribution in [3.05, 3.63) is 53.1 Å². The maximum atomic E-state index is 12.3. The number of rotatable bonds is 5. The normalized spacial score (nSPS) is 9.92. The fourth-order valence-corrected chi connectivity index (χ4v) is 2.29. The summed E-state index contributed by atoms with van der Waals surface area (Å²) >= 11 is 0. The quantitative estimate of drug-likeness (QED) is 0.811. The van der Waals surface area contributed by atoms with Crippen molar-refractivity contribution in [3.8, 4) is 17.2 Å². The molecule has 2 rings (SSSR count). The van der Waals surface area contributed by atoms with E-state index in [0.29, 0.717) is 22.8 Å². The van der Waals surface area contributed by atoms with Gasteiger partial charge in [0.05, 0.1) is 21.3 Å². The zero-order valence-corrected chi connectivity index (χ0v) is 14.5. The van der Waals surface area contributed by atoms with Crippen LogP contribution in [0.4, 0.5) is 0 Å². The summed E-state index contributed by atoms with van der Waals surface area (Å²) < 4.78 is 15.6. The molecule has 2 aromatic carbocycles. The van der Waals surface area contributed by atoms with Gasteiger partial charge in [0.25, 0.3) is 11.8 Å². The van der Waals surface area contributed by atoms with Crippen molar-refractivity contribution in [2.24, 2.45) is 0 Å². The average molecular weight is 344 g/mol. The van der Waals surface area contributed by atoms with Crippen LogP contribution >= 0.6 is 0 Å². The van der Waals surface area contributed by atoms with Gasteiger partial charge in [0.2, 0.25) is 5.75 Å². The number of carbonyl (C=O) groups is 2. The highest BCUT2D eigenvalue weighted by Gasteiger charge is 2.17. The third-order valence-corrected chi connectivity index (χ3v) is 3.61. The maximum Gasteiger partial charge on any atom is 0.269 e. The van der Waals surface area contributed by atoms with E-state index in [1.54, 1.807) is 12.1 Å². The fraction of sp³-hybridized carbons (Fsp3) is 0.222. The number of aryl methyl sites for hydroxylation is 1. The zero-order valence-electron chi connectivity index (χ0n) is 14.5. The largest absolute Gasteiger partial charge is 0.493 e. The van der Waals surface area contributed by atoms with Crippen LogP contribution in [0.15, 0.2) is 36.4 Å². The van der Waals surface area contributed by atoms with Gasteiger partial charge in [-0.25, -0.2) is 0 Å². The van der Waals surface area contributed by atoms with Crippen molar-refractivity contribution in [1.82, 2.24) is 10.9 Å². The van der Waals surface area contributed by atoms with Crippen molar-refractivity contribution in [2.45, 2.75) is 6.92 Å². The Morgan fingerprint density at radius 1 is 0.840 bits per heavy atom. The van der Waals surface area contributed by atoms with Gasteiger partial charge in [-0.05, 0) is 30.7 Å². The number of carbonyl (C=O) groups excluding carboxylic acids is 2. The van der Waals surface area contributed by atoms with Crippen molar-refractivity contribution in [3.63, 3.8) is 0 Å². The molecule has 0 aliphatic carbocycles. The van der Waals surface area contributed by atoms with E-state index < -0.39 is 11.8 Å². The lowest BCUT2D eigenvalue weighted by Crippen LogP contribution is -2.41. The number of methoxy groups -OCH3 is 3. The topological polar surface area (TPSA) is 85.9 Å². The summed E-state index contributed by atoms with van der Waals surface area (Å²) in [6.07, 6.45) is 0. The lowest BCUT2D eigenvalue weighted by molar-refractivity contribution is 0.0846. The molecule has 132 valence electrons. The number of hydrogen-bond donors (Lipinski definition) is 2. The van der Waals surface area contributed by atoms with Crippen molar-refractivity contribution < 1.29 is 23.8 Å². The first kappa shape index (κ1) is 18.1. The Labute approximate surface area is 145 Å². The molecule has 0 aliphatic heterocycles. The summed E-state index contributed by atoms with van der Waals surface area (Å²) in [4.78, 5) is 24.5. The maximum absolute atomic E-state index is 12.3. The van der Waals surface area contributed by atoms with Gasteiger partial charge in [0.1, 0.15) is 0 Å². The van der Waals surface area contributed by atoms with Crippen LogP contribution in [-0.2, 0) is 0 Å². The molecular weight excluding hydrogens is 324 g/mol. The van der Waals surface area contributed by atoms with Gasteiger partial charge >= 0.3 is 0 Å². The standard InChI is InChI=1S/C18H20N2O5/c1-11-7-5-6-8-13(11)18(22)20-19-17(21)12-9-14(23-2)16(25-4)15(10-12)24-3/h5-10H,1-4H3,(H,19,21)(H,20,22). The Morgan fingerprint density at radius 3 is 1.92 bits per heavy atom. The van der Waals surface area contributed by atoms with E-state index in [1.807, 2.05) is 19.1 Å². The molecule has 7 heteroatoms. The number of nitrogens with one attached hydrogen (secondary N) is 2. The predicted octanol–water partition coefficient (Wildman–Crippen LogP) is 2.10. The Balaban J connectivity index is 2.16. The molecule has 0 spiro atoms. The molecule has 0 fully saturated rings. The lowest BCUT2D eigenvalue weighted by atomic mass is 10.1. The SMILES string of the molecule is COc1cc(C(=O)NNC(=O)c2ccccc2C)cc(OC)c1OC. The van der Waals surface area contributed by atoms with E-state index in [4.69, 9.17) is 14.2 Å². The third kappa shape index (κ3) is 4.00. The van der Waals surface area contributed by atoms with Crippen LogP contribution in [0.5, 0.6) is 17.2 Å². The second kappa shape index (κ2) is 8.05. The molecule has 7 nitrogen and oxygen atoms in total. The van der Waals surface area contributed by atoms with Crippen molar-refractivity contribution in [2.75, 3.05) is 21.3 Å². The monoisotopic (exact) mass is 344 g/mol. The van der Waals surface area contributed by atoms with Gasteiger partial charge < -0.3 is 14.2 Å². The molecule has 0 bridgehead atoms. The van der Waals surface area contributed by atoms with Crippen LogP contribution in [-0.4, -0.2) is 33.1 Å². The van der Waals surface area contributed by atoms with E-state index in [1.165, 1.54) is 33.5 Å². The number of amides is 2. The second-order valence-corrected chi connectivity index (χ2v) is 5.14. The van der Waals surface area contributed by atoms with Gasteiger partial charge in [0.15, 0.2) is 11.5 Å². The molecule has 0 heterocycles. The third-order valence-electron chi connectivity index (χ3n) is 3.61. The molecule has 2 amide bonds. The molecule has 0 aromatic heterocycles. The van der Waals surface area contributed by atoms with Gasteiger partial charge in [-0.2, -0.15) is 0 Å². The zero-order chi connectivity index (χ0) is 18.4. The number of hydrazine groups is 1. The number of hydrogen-bond acceptors (Lipinski definition) is 5. The molecule has 0 saturated carbocycles. The summed E-state index contributed by atoms with van der Waals surface area (Å²) in [6.45, 7) is 1.82. The van der Waals surface area contributed by atoms with Gasteiger partial charge in [-0.1, -0.05) is 18.2 Å². The highest BCUT2D eigenvalue weighted by molar-refractivity contribution is 6.00. The van der Waals surface area contributed by atoms with Crippen molar-refractivity contribution >= 4 is 11.8 Å². The fourth-order valence-electron chi connectivity index (χ4n) is 2.29. The summed E-state index contributed by atoms with van der Waals surface area (Å²) in [5, 5.41) is 0. The van der Waals surface area contributed by atoms with Gasteiger partial charge in [0, 0.05) is 11.1 Å². The molecule has 0 unspecified atom stereocenters. The highest BCUT2D eigenvalue weighted by atomic mass is 16.5. The van der Waals surface area contributed by atoms with Crippen LogP contribution < -0.4 is 25.1 Å². The molecule has 25 heavy (non-hydrogen) atoms. The minimum Gasteiger partial charge on any atom is -0.493 e. The van der Waals surface area contributed by atoms with Gasteiger partial charge in [-0.15, -0.1) is 0 Å². The average Bonchev–Trinajstić information content (AvgIpc) is 2.64. The Morgan fingerprint density at radius 2 is 1.40 bits per heavy atom. The Hall–Kier alpha value is -3.22. The van der Waals surface area contributed by atoms with Crippen LogP contribution in [0.2, 0.25) is 0 Å². The molecular formula is C18H20N2O5.